The van der Waals surface area contributed by atoms with E-state index in [-0.39, 0.29) is 0 Å². The number of benzene rings is 2. The van der Waals surface area contributed by atoms with Crippen LogP contribution in [0.1, 0.15) is 5.56 Å². The Kier molecular flexibility index (Phi) is 3.96. The predicted octanol–water partition coefficient (Wildman–Crippen LogP) is 1.67. The van der Waals surface area contributed by atoms with Gasteiger partial charge in [0.2, 0.25) is 11.0 Å². The molecule has 0 aliphatic rings. The average Bonchev–Trinajstić information content (AvgIpc) is 2.35. The molecule has 0 bridgehead atoms. The molecule has 1 N–H and O–H groups in total. The monoisotopic (exact) mass is 290 g/mol. The average molecular weight is 290 g/mol. The van der Waals surface area contributed by atoms with Crippen LogP contribution in [-0.2, 0) is 10.1 Å². The van der Waals surface area contributed by atoms with Gasteiger partial charge in [-0.05, 0) is 19.1 Å². The van der Waals surface area contributed by atoms with E-state index in [0.29, 0.717) is 6.26 Å². The Balaban J connectivity index is 0.000000257. The maximum absolute atomic E-state index is 9.08. The van der Waals surface area contributed by atoms with E-state index in [4.69, 9.17) is 13.0 Å². The quantitative estimate of drug-likeness (QED) is 0.465. The van der Waals surface area contributed by atoms with Crippen LogP contribution >= 0.6 is 0 Å². The summed E-state index contributed by atoms with van der Waals surface area (Å²) in [7, 11) is -3.92. The second kappa shape index (κ2) is 5.52. The first kappa shape index (κ1) is 14.4. The van der Waals surface area contributed by atoms with Crippen molar-refractivity contribution in [2.75, 3.05) is 6.26 Å². The van der Waals surface area contributed by atoms with Gasteiger partial charge in [0.05, 0.1) is 10.1 Å². The first-order chi connectivity index (χ1) is 9.34. The van der Waals surface area contributed by atoms with Gasteiger partial charge in [-0.2, -0.15) is 0 Å². The Morgan fingerprint density at radius 3 is 2.35 bits per heavy atom. The molecule has 0 aliphatic heterocycles. The van der Waals surface area contributed by atoms with Gasteiger partial charge in [-0.3, -0.25) is 0 Å². The third-order valence-corrected chi connectivity index (χ3v) is 2.66. The Bertz CT molecular complexity index is 853. The predicted molar refractivity (Wildman–Crippen MR) is 76.2 cm³/mol. The number of nitrogens with one attached hydrogen (secondary N) is 1. The summed E-state index contributed by atoms with van der Waals surface area (Å²) in [5, 5.41) is 0. The summed E-state index contributed by atoms with van der Waals surface area (Å²) in [6, 6.07) is 14.3. The van der Waals surface area contributed by atoms with E-state index in [1.54, 1.807) is 0 Å². The molecule has 0 radical (unpaired) electrons. The second-order valence-electron chi connectivity index (χ2n) is 4.43. The van der Waals surface area contributed by atoms with Crippen molar-refractivity contribution in [2.45, 2.75) is 6.92 Å². The Hall–Kier alpha value is -2.05. The highest BCUT2D eigenvalue weighted by Crippen LogP contribution is 2.14. The number of aromatic amines is 1. The van der Waals surface area contributed by atoms with Crippen LogP contribution in [0.2, 0.25) is 0 Å². The molecule has 1 aromatic heterocycles. The van der Waals surface area contributed by atoms with Gasteiger partial charge in [0, 0.05) is 17.9 Å². The number of nitrogens with zero attached hydrogens (tertiary/aromatic N) is 1. The fourth-order valence-electron chi connectivity index (χ4n) is 1.85. The number of H-pyrrole nitrogens is 1. The van der Waals surface area contributed by atoms with Crippen LogP contribution in [0.15, 0.2) is 42.5 Å². The number of hydrogen-bond donors (Lipinski definition) is 0. The highest BCUT2D eigenvalue weighted by Gasteiger charge is 2.08. The molecule has 0 spiro atoms. The highest BCUT2D eigenvalue weighted by molar-refractivity contribution is 7.84. The molecule has 1 heterocycles. The molecule has 0 atom stereocenters. The third kappa shape index (κ3) is 3.72. The van der Waals surface area contributed by atoms with Crippen molar-refractivity contribution in [2.24, 2.45) is 0 Å². The maximum Gasteiger partial charge on any atom is 0.232 e. The molecule has 0 amide bonds. The van der Waals surface area contributed by atoms with Gasteiger partial charge in [0.15, 0.2) is 0 Å². The fourth-order valence-corrected chi connectivity index (χ4v) is 1.85. The summed E-state index contributed by atoms with van der Waals surface area (Å²) in [5.74, 6) is 0. The highest BCUT2D eigenvalue weighted by atomic mass is 32.2. The first-order valence-corrected chi connectivity index (χ1v) is 7.74. The van der Waals surface area contributed by atoms with Crippen molar-refractivity contribution in [3.8, 4) is 0 Å². The van der Waals surface area contributed by atoms with E-state index in [1.807, 2.05) is 36.4 Å². The lowest BCUT2D eigenvalue weighted by molar-refractivity contribution is -0.311. The lowest BCUT2D eigenvalue weighted by Crippen LogP contribution is -2.08. The van der Waals surface area contributed by atoms with Gasteiger partial charge in [-0.15, -0.1) is 0 Å². The summed E-state index contributed by atoms with van der Waals surface area (Å²) >= 11 is 0. The lowest BCUT2D eigenvalue weighted by atomic mass is 10.2. The van der Waals surface area contributed by atoms with Gasteiger partial charge < -0.3 is 4.55 Å². The molecule has 3 rings (SSSR count). The molecule has 2 aromatic carbocycles. The minimum absolute atomic E-state index is 0.604. The molecule has 3 aromatic rings. The largest absolute Gasteiger partial charge is 0.748 e. The van der Waals surface area contributed by atoms with Crippen molar-refractivity contribution in [1.82, 2.24) is 4.98 Å². The molecular formula is C14H14N2O3S. The topological polar surface area (TPSA) is 84.2 Å². The molecule has 6 heteroatoms. The molecule has 0 aliphatic carbocycles. The van der Waals surface area contributed by atoms with E-state index in [0.717, 1.165) is 22.1 Å². The van der Waals surface area contributed by atoms with E-state index in [1.165, 1.54) is 5.56 Å². The second-order valence-corrected chi connectivity index (χ2v) is 5.84. The van der Waals surface area contributed by atoms with Gasteiger partial charge in [-0.1, -0.05) is 24.3 Å². The molecule has 0 fully saturated rings. The Morgan fingerprint density at radius 1 is 1.05 bits per heavy atom. The molecule has 5 nitrogen and oxygen atoms in total. The normalized spacial score (nSPS) is 11.2. The van der Waals surface area contributed by atoms with Crippen LogP contribution in [0.5, 0.6) is 0 Å². The smallest absolute Gasteiger partial charge is 0.232 e. The van der Waals surface area contributed by atoms with Crippen molar-refractivity contribution in [1.29, 1.82) is 0 Å². The SMILES string of the molecule is CS(=O)(=O)[O-].Cc1cccc2nc3ccccc3[nH+]c12. The Labute approximate surface area is 117 Å². The number of rotatable bonds is 0. The molecule has 104 valence electrons. The van der Waals surface area contributed by atoms with Crippen LogP contribution in [0, 0.1) is 6.92 Å². The van der Waals surface area contributed by atoms with E-state index in [2.05, 4.69) is 23.0 Å². The number of fused-ring (bicyclic) bond motifs is 2. The molecule has 0 unspecified atom stereocenters. The number of aromatic nitrogens is 2. The summed E-state index contributed by atoms with van der Waals surface area (Å²) in [4.78, 5) is 8.02. The Morgan fingerprint density at radius 2 is 1.65 bits per heavy atom. The molecule has 0 saturated heterocycles. The molecule has 0 saturated carbocycles. The van der Waals surface area contributed by atoms with Crippen LogP contribution in [0.3, 0.4) is 0 Å². The standard InChI is InChI=1S/C13H10N2.CH4O3S/c1-9-5-4-8-12-13(9)15-11-7-3-2-6-10(11)14-12;1-5(2,3)4/h2-8H,1H3;1H3,(H,2,3,4). The minimum atomic E-state index is -3.92. The fraction of sp³-hybridized carbons (Fsp3) is 0.143. The first-order valence-electron chi connectivity index (χ1n) is 5.93. The molecule has 20 heavy (non-hydrogen) atoms. The van der Waals surface area contributed by atoms with E-state index in [9.17, 15) is 0 Å². The van der Waals surface area contributed by atoms with Crippen molar-refractivity contribution in [3.63, 3.8) is 0 Å². The third-order valence-electron chi connectivity index (χ3n) is 2.66. The zero-order valence-corrected chi connectivity index (χ0v) is 11.9. The van der Waals surface area contributed by atoms with Crippen molar-refractivity contribution < 1.29 is 18.0 Å². The summed E-state index contributed by atoms with van der Waals surface area (Å²) in [5.41, 5.74) is 5.46. The van der Waals surface area contributed by atoms with Gasteiger partial charge >= 0.3 is 0 Å². The van der Waals surface area contributed by atoms with Crippen LogP contribution < -0.4 is 4.98 Å². The number of para-hydroxylation sites is 3. The minimum Gasteiger partial charge on any atom is -0.748 e. The van der Waals surface area contributed by atoms with Gasteiger partial charge in [0.25, 0.3) is 0 Å². The summed E-state index contributed by atoms with van der Waals surface area (Å²) < 4.78 is 27.2. The number of aryl methyl sites for hydroxylation is 1. The molecular weight excluding hydrogens is 276 g/mol. The summed E-state index contributed by atoms with van der Waals surface area (Å²) in [6.07, 6.45) is 0.604. The maximum atomic E-state index is 9.08. The van der Waals surface area contributed by atoms with Crippen LogP contribution in [0.4, 0.5) is 0 Å². The zero-order valence-electron chi connectivity index (χ0n) is 11.1. The van der Waals surface area contributed by atoms with Crippen molar-refractivity contribution >= 4 is 32.2 Å². The van der Waals surface area contributed by atoms with Gasteiger partial charge in [-0.25, -0.2) is 18.4 Å². The van der Waals surface area contributed by atoms with E-state index >= 15 is 0 Å². The van der Waals surface area contributed by atoms with Crippen molar-refractivity contribution in [3.05, 3.63) is 48.0 Å². The summed E-state index contributed by atoms with van der Waals surface area (Å²) in [6.45, 7) is 2.09. The van der Waals surface area contributed by atoms with E-state index < -0.39 is 10.1 Å². The van der Waals surface area contributed by atoms with Crippen LogP contribution in [-0.4, -0.2) is 24.2 Å². The number of hydrogen-bond acceptors (Lipinski definition) is 4. The zero-order chi connectivity index (χ0) is 14.8. The van der Waals surface area contributed by atoms with Crippen LogP contribution in [0.25, 0.3) is 22.1 Å². The van der Waals surface area contributed by atoms with Gasteiger partial charge in [0.1, 0.15) is 11.0 Å². The lowest BCUT2D eigenvalue weighted by Gasteiger charge is -1.96.